The number of carboxylic acid groups (broad SMARTS) is 1. The molecule has 6 heteroatoms. The number of hydrogen-bond donors (Lipinski definition) is 2. The number of halogens is 3. The standard InChI is InChI=1S/C11H12BrF2NO2/c1-4-3-6(13)9(14)7(8(4)12)5(2)10(15)11(16)17/h3,5,10H,15H2,1-2H3,(H,16,17). The van der Waals surface area contributed by atoms with Crippen LogP contribution >= 0.6 is 15.9 Å². The maximum absolute atomic E-state index is 13.7. The van der Waals surface area contributed by atoms with E-state index in [1.807, 2.05) is 0 Å². The monoisotopic (exact) mass is 307 g/mol. The molecule has 2 atom stereocenters. The number of benzene rings is 1. The first-order valence-electron chi connectivity index (χ1n) is 4.89. The molecule has 0 heterocycles. The summed E-state index contributed by atoms with van der Waals surface area (Å²) in [5.74, 6) is -4.17. The van der Waals surface area contributed by atoms with Crippen molar-refractivity contribution in [2.45, 2.75) is 25.8 Å². The molecule has 3 nitrogen and oxygen atoms in total. The number of nitrogens with two attached hydrogens (primary N) is 1. The fourth-order valence-electron chi connectivity index (χ4n) is 1.55. The summed E-state index contributed by atoms with van der Waals surface area (Å²) in [5, 5.41) is 8.78. The average molecular weight is 308 g/mol. The van der Waals surface area contributed by atoms with Crippen LogP contribution in [0.25, 0.3) is 0 Å². The Kier molecular flexibility index (Phi) is 4.21. The van der Waals surface area contributed by atoms with Gasteiger partial charge in [-0.3, -0.25) is 4.79 Å². The van der Waals surface area contributed by atoms with E-state index in [0.29, 0.717) is 10.0 Å². The SMILES string of the molecule is Cc1cc(F)c(F)c(C(C)C(N)C(=O)O)c1Br. The van der Waals surface area contributed by atoms with Gasteiger partial charge >= 0.3 is 5.97 Å². The van der Waals surface area contributed by atoms with Crippen LogP contribution in [-0.4, -0.2) is 17.1 Å². The Morgan fingerprint density at radius 2 is 2.06 bits per heavy atom. The minimum Gasteiger partial charge on any atom is -0.480 e. The van der Waals surface area contributed by atoms with Gasteiger partial charge in [-0.25, -0.2) is 8.78 Å². The Bertz CT molecular complexity index is 439. The lowest BCUT2D eigenvalue weighted by atomic mass is 9.92. The van der Waals surface area contributed by atoms with Crippen LogP contribution in [0.3, 0.4) is 0 Å². The zero-order valence-corrected chi connectivity index (χ0v) is 10.9. The third-order valence-corrected chi connectivity index (χ3v) is 3.70. The molecule has 0 aromatic heterocycles. The fraction of sp³-hybridized carbons (Fsp3) is 0.364. The molecule has 0 bridgehead atoms. The number of rotatable bonds is 3. The summed E-state index contributed by atoms with van der Waals surface area (Å²) in [6, 6.07) is -0.246. The molecule has 0 saturated carbocycles. The Morgan fingerprint density at radius 3 is 2.53 bits per heavy atom. The van der Waals surface area contributed by atoms with Crippen molar-refractivity contribution in [2.24, 2.45) is 5.73 Å². The number of carboxylic acids is 1. The average Bonchev–Trinajstić information content (AvgIpc) is 2.25. The highest BCUT2D eigenvalue weighted by Gasteiger charge is 2.28. The molecule has 0 spiro atoms. The van der Waals surface area contributed by atoms with E-state index in [9.17, 15) is 13.6 Å². The summed E-state index contributed by atoms with van der Waals surface area (Å²) < 4.78 is 27.3. The quantitative estimate of drug-likeness (QED) is 0.844. The van der Waals surface area contributed by atoms with Gasteiger partial charge in [0.15, 0.2) is 11.6 Å². The molecule has 0 aliphatic heterocycles. The van der Waals surface area contributed by atoms with E-state index in [0.717, 1.165) is 6.07 Å². The minimum absolute atomic E-state index is 0.0441. The molecule has 17 heavy (non-hydrogen) atoms. The molecule has 1 aromatic rings. The van der Waals surface area contributed by atoms with Crippen LogP contribution in [0.2, 0.25) is 0 Å². The van der Waals surface area contributed by atoms with Crippen LogP contribution in [0.15, 0.2) is 10.5 Å². The van der Waals surface area contributed by atoms with Crippen LogP contribution in [0.1, 0.15) is 24.0 Å². The smallest absolute Gasteiger partial charge is 0.321 e. The van der Waals surface area contributed by atoms with Crippen molar-refractivity contribution >= 4 is 21.9 Å². The third kappa shape index (κ3) is 2.63. The second kappa shape index (κ2) is 5.10. The molecule has 1 rings (SSSR count). The molecule has 0 saturated heterocycles. The van der Waals surface area contributed by atoms with E-state index >= 15 is 0 Å². The lowest BCUT2D eigenvalue weighted by molar-refractivity contribution is -0.139. The highest BCUT2D eigenvalue weighted by atomic mass is 79.9. The molecule has 3 N–H and O–H groups in total. The largest absolute Gasteiger partial charge is 0.480 e. The second-order valence-electron chi connectivity index (χ2n) is 3.87. The number of aliphatic carboxylic acids is 1. The predicted molar refractivity (Wildman–Crippen MR) is 62.8 cm³/mol. The summed E-state index contributed by atoms with van der Waals surface area (Å²) in [7, 11) is 0. The molecule has 0 amide bonds. The Morgan fingerprint density at radius 1 is 1.53 bits per heavy atom. The van der Waals surface area contributed by atoms with Crippen molar-refractivity contribution in [3.05, 3.63) is 33.3 Å². The number of carbonyl (C=O) groups is 1. The first-order valence-corrected chi connectivity index (χ1v) is 5.69. The third-order valence-electron chi connectivity index (χ3n) is 2.65. The summed E-state index contributed by atoms with van der Waals surface area (Å²) >= 11 is 3.13. The van der Waals surface area contributed by atoms with Crippen LogP contribution < -0.4 is 5.73 Å². The van der Waals surface area contributed by atoms with Crippen LogP contribution in [-0.2, 0) is 4.79 Å². The van der Waals surface area contributed by atoms with E-state index in [1.165, 1.54) is 6.92 Å². The summed E-state index contributed by atoms with van der Waals surface area (Å²) in [6.07, 6.45) is 0. The van der Waals surface area contributed by atoms with Gasteiger partial charge in [0.25, 0.3) is 0 Å². The second-order valence-corrected chi connectivity index (χ2v) is 4.66. The zero-order chi connectivity index (χ0) is 13.3. The van der Waals surface area contributed by atoms with Crippen molar-refractivity contribution in [1.82, 2.24) is 0 Å². The molecule has 0 fully saturated rings. The van der Waals surface area contributed by atoms with Crippen LogP contribution in [0.5, 0.6) is 0 Å². The van der Waals surface area contributed by atoms with Crippen LogP contribution in [0, 0.1) is 18.6 Å². The fourth-order valence-corrected chi connectivity index (χ4v) is 2.20. The summed E-state index contributed by atoms with van der Waals surface area (Å²) in [5.41, 5.74) is 5.87. The van der Waals surface area contributed by atoms with E-state index in [-0.39, 0.29) is 5.56 Å². The first kappa shape index (κ1) is 14.1. The normalized spacial score (nSPS) is 14.5. The molecule has 0 radical (unpaired) electrons. The van der Waals surface area contributed by atoms with Gasteiger partial charge in [-0.1, -0.05) is 22.9 Å². The summed E-state index contributed by atoms with van der Waals surface area (Å²) in [4.78, 5) is 10.8. The predicted octanol–water partition coefficient (Wildman–Crippen LogP) is 2.55. The lowest BCUT2D eigenvalue weighted by Crippen LogP contribution is -2.36. The number of aryl methyl sites for hydroxylation is 1. The molecular weight excluding hydrogens is 296 g/mol. The van der Waals surface area contributed by atoms with Gasteiger partial charge in [0.05, 0.1) is 0 Å². The van der Waals surface area contributed by atoms with Gasteiger partial charge in [-0.15, -0.1) is 0 Å². The van der Waals surface area contributed by atoms with E-state index in [4.69, 9.17) is 10.8 Å². The van der Waals surface area contributed by atoms with Gasteiger partial charge in [0.2, 0.25) is 0 Å². The Balaban J connectivity index is 3.35. The van der Waals surface area contributed by atoms with E-state index in [2.05, 4.69) is 15.9 Å². The van der Waals surface area contributed by atoms with Gasteiger partial charge in [0.1, 0.15) is 6.04 Å². The van der Waals surface area contributed by atoms with Crippen molar-refractivity contribution in [3.63, 3.8) is 0 Å². The summed E-state index contributed by atoms with van der Waals surface area (Å²) in [6.45, 7) is 3.04. The molecule has 0 aliphatic rings. The highest BCUT2D eigenvalue weighted by Crippen LogP contribution is 2.33. The minimum atomic E-state index is -1.29. The maximum atomic E-state index is 13.7. The van der Waals surface area contributed by atoms with Gasteiger partial charge in [-0.05, 0) is 18.6 Å². The zero-order valence-electron chi connectivity index (χ0n) is 9.30. The van der Waals surface area contributed by atoms with Gasteiger partial charge in [-0.2, -0.15) is 0 Å². The van der Waals surface area contributed by atoms with Crippen molar-refractivity contribution in [1.29, 1.82) is 0 Å². The molecule has 94 valence electrons. The molecule has 1 aromatic carbocycles. The highest BCUT2D eigenvalue weighted by molar-refractivity contribution is 9.10. The van der Waals surface area contributed by atoms with Crippen molar-refractivity contribution < 1.29 is 18.7 Å². The Labute approximate surface area is 106 Å². The number of hydrogen-bond acceptors (Lipinski definition) is 2. The topological polar surface area (TPSA) is 63.3 Å². The molecule has 0 aliphatic carbocycles. The van der Waals surface area contributed by atoms with E-state index < -0.39 is 29.6 Å². The van der Waals surface area contributed by atoms with Gasteiger partial charge in [0, 0.05) is 16.0 Å². The van der Waals surface area contributed by atoms with Crippen molar-refractivity contribution in [3.8, 4) is 0 Å². The lowest BCUT2D eigenvalue weighted by Gasteiger charge is -2.20. The van der Waals surface area contributed by atoms with E-state index in [1.54, 1.807) is 6.92 Å². The Hall–Kier alpha value is -1.01. The molecule has 2 unspecified atom stereocenters. The maximum Gasteiger partial charge on any atom is 0.321 e. The first-order chi connectivity index (χ1) is 7.77. The van der Waals surface area contributed by atoms with Crippen LogP contribution in [0.4, 0.5) is 8.78 Å². The molecular formula is C11H12BrF2NO2. The van der Waals surface area contributed by atoms with Gasteiger partial charge < -0.3 is 10.8 Å². The van der Waals surface area contributed by atoms with Crippen molar-refractivity contribution in [2.75, 3.05) is 0 Å².